The van der Waals surface area contributed by atoms with Gasteiger partial charge in [-0.15, -0.1) is 0 Å². The third kappa shape index (κ3) is 3.77. The SMILES string of the molecule is OC(c1ccccc1C(F)(F)F)(c1ccccc1C(F)(F)F)C(F)(F)C(F)(F)F. The number of aliphatic hydroxyl groups is 1. The lowest BCUT2D eigenvalue weighted by molar-refractivity contribution is -0.337. The highest BCUT2D eigenvalue weighted by Crippen LogP contribution is 2.55. The molecule has 0 unspecified atom stereocenters. The quantitative estimate of drug-likeness (QED) is 0.570. The highest BCUT2D eigenvalue weighted by Gasteiger charge is 2.73. The molecule has 0 radical (unpaired) electrons. The van der Waals surface area contributed by atoms with Crippen LogP contribution in [0.15, 0.2) is 48.5 Å². The topological polar surface area (TPSA) is 20.2 Å². The highest BCUT2D eigenvalue weighted by atomic mass is 19.4. The molecule has 0 fully saturated rings. The molecule has 1 nitrogen and oxygen atoms in total. The Balaban J connectivity index is 3.05. The summed E-state index contributed by atoms with van der Waals surface area (Å²) in [5.41, 5.74) is -13.5. The molecule has 0 bridgehead atoms. The smallest absolute Gasteiger partial charge is 0.374 e. The van der Waals surface area contributed by atoms with Gasteiger partial charge in [0.25, 0.3) is 0 Å². The third-order valence-electron chi connectivity index (χ3n) is 4.05. The van der Waals surface area contributed by atoms with Gasteiger partial charge >= 0.3 is 24.5 Å². The van der Waals surface area contributed by atoms with Gasteiger partial charge in [0.2, 0.25) is 0 Å². The molecule has 0 spiro atoms. The van der Waals surface area contributed by atoms with Crippen LogP contribution in [0.2, 0.25) is 0 Å². The van der Waals surface area contributed by atoms with E-state index < -0.39 is 52.3 Å². The summed E-state index contributed by atoms with van der Waals surface area (Å²) >= 11 is 0. The first-order valence-electron chi connectivity index (χ1n) is 7.46. The van der Waals surface area contributed by atoms with E-state index in [1.54, 1.807) is 0 Å². The van der Waals surface area contributed by atoms with E-state index in [-0.39, 0.29) is 24.3 Å². The summed E-state index contributed by atoms with van der Waals surface area (Å²) in [5, 5.41) is 10.4. The van der Waals surface area contributed by atoms with Gasteiger partial charge in [-0.1, -0.05) is 36.4 Å². The number of halogens is 11. The van der Waals surface area contributed by atoms with Gasteiger partial charge < -0.3 is 5.11 Å². The van der Waals surface area contributed by atoms with E-state index in [0.717, 1.165) is 0 Å². The molecule has 2 rings (SSSR count). The number of hydrogen-bond acceptors (Lipinski definition) is 1. The zero-order valence-corrected chi connectivity index (χ0v) is 13.7. The monoisotopic (exact) mass is 438 g/mol. The molecule has 29 heavy (non-hydrogen) atoms. The van der Waals surface area contributed by atoms with E-state index >= 15 is 0 Å². The van der Waals surface area contributed by atoms with Crippen molar-refractivity contribution in [3.63, 3.8) is 0 Å². The predicted molar refractivity (Wildman–Crippen MR) is 76.9 cm³/mol. The summed E-state index contributed by atoms with van der Waals surface area (Å²) in [6.45, 7) is 0. The second kappa shape index (κ2) is 6.85. The lowest BCUT2D eigenvalue weighted by atomic mass is 9.76. The fourth-order valence-electron chi connectivity index (χ4n) is 2.78. The lowest BCUT2D eigenvalue weighted by Gasteiger charge is -2.39. The minimum absolute atomic E-state index is 0.0651. The van der Waals surface area contributed by atoms with Gasteiger partial charge in [0.1, 0.15) is 0 Å². The second-order valence-electron chi connectivity index (χ2n) is 5.87. The molecule has 160 valence electrons. The minimum atomic E-state index is -6.70. The van der Waals surface area contributed by atoms with Crippen molar-refractivity contribution in [3.8, 4) is 0 Å². The first-order chi connectivity index (χ1) is 13.0. The number of alkyl halides is 11. The minimum Gasteiger partial charge on any atom is -0.374 e. The zero-order valence-electron chi connectivity index (χ0n) is 13.7. The molecule has 0 aliphatic heterocycles. The molecule has 12 heteroatoms. The summed E-state index contributed by atoms with van der Waals surface area (Å²) < 4.78 is 148. The van der Waals surface area contributed by atoms with Crippen molar-refractivity contribution in [2.75, 3.05) is 0 Å². The molecule has 0 saturated heterocycles. The Morgan fingerprint density at radius 3 is 1.00 bits per heavy atom. The van der Waals surface area contributed by atoms with Crippen LogP contribution in [0.1, 0.15) is 22.3 Å². The number of benzene rings is 2. The Labute approximate surface area is 155 Å². The van der Waals surface area contributed by atoms with Crippen molar-refractivity contribution in [1.29, 1.82) is 0 Å². The molecular weight excluding hydrogens is 429 g/mol. The first-order valence-corrected chi connectivity index (χ1v) is 7.46. The van der Waals surface area contributed by atoms with Crippen molar-refractivity contribution in [1.82, 2.24) is 0 Å². The Hall–Kier alpha value is -2.37. The van der Waals surface area contributed by atoms with Crippen LogP contribution in [0.4, 0.5) is 48.3 Å². The van der Waals surface area contributed by atoms with Crippen molar-refractivity contribution < 1.29 is 53.4 Å². The van der Waals surface area contributed by atoms with Crippen molar-refractivity contribution >= 4 is 0 Å². The fraction of sp³-hybridized carbons (Fsp3) is 0.294. The normalized spacial score (nSPS) is 14.2. The maximum atomic E-state index is 14.4. The Bertz CT molecular complexity index is 820. The van der Waals surface area contributed by atoms with E-state index in [0.29, 0.717) is 24.3 Å². The molecular formula is C17H9F11O. The third-order valence-corrected chi connectivity index (χ3v) is 4.05. The zero-order chi connectivity index (χ0) is 22.5. The van der Waals surface area contributed by atoms with Crippen LogP contribution in [-0.2, 0) is 18.0 Å². The Morgan fingerprint density at radius 1 is 0.483 bits per heavy atom. The summed E-state index contributed by atoms with van der Waals surface area (Å²) in [6.07, 6.45) is -17.8. The maximum Gasteiger partial charge on any atom is 0.457 e. The summed E-state index contributed by atoms with van der Waals surface area (Å²) in [5.74, 6) is -6.43. The highest BCUT2D eigenvalue weighted by molar-refractivity contribution is 5.48. The van der Waals surface area contributed by atoms with Crippen LogP contribution >= 0.6 is 0 Å². The average molecular weight is 438 g/mol. The maximum absolute atomic E-state index is 14.4. The van der Waals surface area contributed by atoms with Gasteiger partial charge in [-0.05, 0) is 12.1 Å². The molecule has 0 atom stereocenters. The predicted octanol–water partition coefficient (Wildman–Crippen LogP) is 6.16. The summed E-state index contributed by atoms with van der Waals surface area (Å²) in [6, 6.07) is 2.68. The van der Waals surface area contributed by atoms with E-state index in [4.69, 9.17) is 0 Å². The standard InChI is InChI=1S/C17H9F11O/c18-14(19,20)11-7-3-1-5-9(11)13(29,16(24,25)17(26,27)28)10-6-2-4-8-12(10)15(21,22)23/h1-8,29H. The molecule has 0 saturated carbocycles. The Kier molecular flexibility index (Phi) is 5.42. The molecule has 2 aromatic rings. The Morgan fingerprint density at radius 2 is 0.759 bits per heavy atom. The largest absolute Gasteiger partial charge is 0.457 e. The first kappa shape index (κ1) is 22.9. The van der Waals surface area contributed by atoms with E-state index in [2.05, 4.69) is 0 Å². The van der Waals surface area contributed by atoms with Crippen LogP contribution in [0.25, 0.3) is 0 Å². The van der Waals surface area contributed by atoms with Crippen molar-refractivity contribution in [2.45, 2.75) is 30.1 Å². The van der Waals surface area contributed by atoms with Crippen LogP contribution < -0.4 is 0 Å². The van der Waals surface area contributed by atoms with E-state index in [1.165, 1.54) is 0 Å². The van der Waals surface area contributed by atoms with Crippen molar-refractivity contribution in [2.24, 2.45) is 0 Å². The number of hydrogen-bond donors (Lipinski definition) is 1. The van der Waals surface area contributed by atoms with Gasteiger partial charge in [-0.3, -0.25) is 0 Å². The van der Waals surface area contributed by atoms with Crippen LogP contribution in [0.3, 0.4) is 0 Å². The van der Waals surface area contributed by atoms with Gasteiger partial charge in [0.05, 0.1) is 11.1 Å². The van der Waals surface area contributed by atoms with E-state index in [9.17, 15) is 53.4 Å². The van der Waals surface area contributed by atoms with Crippen LogP contribution in [0, 0.1) is 0 Å². The second-order valence-corrected chi connectivity index (χ2v) is 5.87. The molecule has 0 heterocycles. The molecule has 1 N–H and O–H groups in total. The average Bonchev–Trinajstić information content (AvgIpc) is 2.58. The van der Waals surface area contributed by atoms with Crippen LogP contribution in [-0.4, -0.2) is 17.2 Å². The van der Waals surface area contributed by atoms with Crippen molar-refractivity contribution in [3.05, 3.63) is 70.8 Å². The van der Waals surface area contributed by atoms with E-state index in [1.807, 2.05) is 0 Å². The molecule has 0 amide bonds. The van der Waals surface area contributed by atoms with Gasteiger partial charge in [-0.25, -0.2) is 0 Å². The summed E-state index contributed by atoms with van der Waals surface area (Å²) in [7, 11) is 0. The van der Waals surface area contributed by atoms with Gasteiger partial charge in [-0.2, -0.15) is 48.3 Å². The lowest BCUT2D eigenvalue weighted by Crippen LogP contribution is -2.56. The molecule has 0 aliphatic rings. The summed E-state index contributed by atoms with van der Waals surface area (Å²) in [4.78, 5) is 0. The fourth-order valence-corrected chi connectivity index (χ4v) is 2.78. The van der Waals surface area contributed by atoms with Gasteiger partial charge in [0, 0.05) is 11.1 Å². The molecule has 2 aromatic carbocycles. The van der Waals surface area contributed by atoms with Crippen LogP contribution in [0.5, 0.6) is 0 Å². The molecule has 0 aromatic heterocycles. The number of rotatable bonds is 3. The van der Waals surface area contributed by atoms with Gasteiger partial charge in [0.15, 0.2) is 5.60 Å². The molecule has 0 aliphatic carbocycles.